The fraction of sp³-hybridized carbons (Fsp3) is 0.538. The third kappa shape index (κ3) is 4.31. The summed E-state index contributed by atoms with van der Waals surface area (Å²) >= 11 is 1.95. The number of hydrogen-bond donors (Lipinski definition) is 2. The van der Waals surface area contributed by atoms with Crippen molar-refractivity contribution in [3.05, 3.63) is 18.3 Å². The zero-order chi connectivity index (χ0) is 13.7. The van der Waals surface area contributed by atoms with Gasteiger partial charge >= 0.3 is 6.03 Å². The lowest BCUT2D eigenvalue weighted by molar-refractivity contribution is 0.247. The Morgan fingerprint density at radius 3 is 2.68 bits per heavy atom. The molecular formula is C13H20N4OS. The predicted molar refractivity (Wildman–Crippen MR) is 81.1 cm³/mol. The molecule has 0 spiro atoms. The van der Waals surface area contributed by atoms with Crippen molar-refractivity contribution in [1.82, 2.24) is 10.3 Å². The number of aromatic nitrogens is 1. The Morgan fingerprint density at radius 2 is 2.11 bits per heavy atom. The Hall–Kier alpha value is -1.43. The van der Waals surface area contributed by atoms with Crippen LogP contribution in [0.2, 0.25) is 0 Å². The van der Waals surface area contributed by atoms with Gasteiger partial charge in [-0.05, 0) is 36.5 Å². The number of thioether (sulfide) groups is 1. The number of pyridine rings is 1. The molecule has 19 heavy (non-hydrogen) atoms. The topological polar surface area (TPSA) is 57.3 Å². The molecule has 1 aromatic rings. The number of amides is 2. The number of carbonyl (C=O) groups is 1. The Bertz CT molecular complexity index is 415. The second kappa shape index (κ2) is 6.65. The van der Waals surface area contributed by atoms with E-state index in [1.807, 2.05) is 42.9 Å². The van der Waals surface area contributed by atoms with E-state index in [0.29, 0.717) is 11.9 Å². The fourth-order valence-electron chi connectivity index (χ4n) is 1.90. The van der Waals surface area contributed by atoms with E-state index in [-0.39, 0.29) is 6.03 Å². The van der Waals surface area contributed by atoms with Gasteiger partial charge in [0.15, 0.2) is 0 Å². The first-order valence-corrected chi connectivity index (χ1v) is 7.59. The summed E-state index contributed by atoms with van der Waals surface area (Å²) in [5.74, 6) is 2.83. The van der Waals surface area contributed by atoms with Gasteiger partial charge in [-0.3, -0.25) is 5.32 Å². The van der Waals surface area contributed by atoms with Crippen molar-refractivity contribution in [2.24, 2.45) is 0 Å². The normalized spacial score (nSPS) is 15.9. The standard InChI is InChI=1S/C13H20N4OS/c1-17(2)11-3-4-12(14-9-11)16-13(18)15-10-5-7-19-8-6-10/h3-4,9-10H,5-8H2,1-2H3,(H2,14,15,16,18). The Kier molecular flexibility index (Phi) is 4.90. The maximum atomic E-state index is 11.8. The quantitative estimate of drug-likeness (QED) is 0.891. The van der Waals surface area contributed by atoms with E-state index >= 15 is 0 Å². The largest absolute Gasteiger partial charge is 0.376 e. The van der Waals surface area contributed by atoms with Crippen LogP contribution in [-0.2, 0) is 0 Å². The molecule has 0 aromatic carbocycles. The van der Waals surface area contributed by atoms with Gasteiger partial charge in [0.2, 0.25) is 0 Å². The minimum absolute atomic E-state index is 0.165. The fourth-order valence-corrected chi connectivity index (χ4v) is 3.01. The van der Waals surface area contributed by atoms with Gasteiger partial charge in [0, 0.05) is 20.1 Å². The van der Waals surface area contributed by atoms with Crippen molar-refractivity contribution in [1.29, 1.82) is 0 Å². The molecule has 0 unspecified atom stereocenters. The van der Waals surface area contributed by atoms with Gasteiger partial charge in [0.1, 0.15) is 5.82 Å². The molecule has 1 saturated heterocycles. The first-order valence-electron chi connectivity index (χ1n) is 6.44. The molecule has 5 nitrogen and oxygen atoms in total. The van der Waals surface area contributed by atoms with Crippen LogP contribution in [0, 0.1) is 0 Å². The van der Waals surface area contributed by atoms with Crippen LogP contribution in [0.4, 0.5) is 16.3 Å². The molecule has 2 rings (SSSR count). The number of anilines is 2. The summed E-state index contributed by atoms with van der Waals surface area (Å²) in [7, 11) is 3.91. The number of hydrogen-bond acceptors (Lipinski definition) is 4. The second-order valence-electron chi connectivity index (χ2n) is 4.78. The van der Waals surface area contributed by atoms with Crippen molar-refractivity contribution in [3.63, 3.8) is 0 Å². The molecule has 1 aromatic heterocycles. The van der Waals surface area contributed by atoms with Gasteiger partial charge in [0.25, 0.3) is 0 Å². The van der Waals surface area contributed by atoms with Crippen LogP contribution in [-0.4, -0.2) is 42.7 Å². The highest BCUT2D eigenvalue weighted by molar-refractivity contribution is 7.99. The highest BCUT2D eigenvalue weighted by Crippen LogP contribution is 2.17. The Balaban J connectivity index is 1.84. The molecule has 6 heteroatoms. The van der Waals surface area contributed by atoms with Gasteiger partial charge in [-0.25, -0.2) is 9.78 Å². The predicted octanol–water partition coefficient (Wildman–Crippen LogP) is 2.16. The summed E-state index contributed by atoms with van der Waals surface area (Å²) in [6.07, 6.45) is 3.84. The van der Waals surface area contributed by atoms with Gasteiger partial charge in [0.05, 0.1) is 11.9 Å². The molecule has 1 aliphatic heterocycles. The number of nitrogens with one attached hydrogen (secondary N) is 2. The van der Waals surface area contributed by atoms with Gasteiger partial charge < -0.3 is 10.2 Å². The SMILES string of the molecule is CN(C)c1ccc(NC(=O)NC2CCSCC2)nc1. The molecule has 0 atom stereocenters. The summed E-state index contributed by atoms with van der Waals surface area (Å²) in [6, 6.07) is 3.87. The number of nitrogens with zero attached hydrogens (tertiary/aromatic N) is 2. The van der Waals surface area contributed by atoms with E-state index in [2.05, 4.69) is 15.6 Å². The molecule has 2 N–H and O–H groups in total. The van der Waals surface area contributed by atoms with Crippen LogP contribution in [0.15, 0.2) is 18.3 Å². The summed E-state index contributed by atoms with van der Waals surface area (Å²) in [4.78, 5) is 18.0. The second-order valence-corrected chi connectivity index (χ2v) is 6.01. The van der Waals surface area contributed by atoms with E-state index in [9.17, 15) is 4.79 Å². The van der Waals surface area contributed by atoms with Gasteiger partial charge in [-0.2, -0.15) is 11.8 Å². The number of rotatable bonds is 3. The van der Waals surface area contributed by atoms with Crippen molar-refractivity contribution in [2.75, 3.05) is 35.8 Å². The maximum absolute atomic E-state index is 11.8. The molecule has 2 amide bonds. The van der Waals surface area contributed by atoms with E-state index in [4.69, 9.17) is 0 Å². The summed E-state index contributed by atoms with van der Waals surface area (Å²) in [5.41, 5.74) is 1.01. The van der Waals surface area contributed by atoms with E-state index in [1.165, 1.54) is 0 Å². The monoisotopic (exact) mass is 280 g/mol. The van der Waals surface area contributed by atoms with Gasteiger partial charge in [-0.1, -0.05) is 0 Å². The van der Waals surface area contributed by atoms with Crippen molar-refractivity contribution >= 4 is 29.3 Å². The highest BCUT2D eigenvalue weighted by Gasteiger charge is 2.15. The molecule has 1 fully saturated rings. The molecule has 2 heterocycles. The first-order chi connectivity index (χ1) is 9.15. The van der Waals surface area contributed by atoms with Crippen LogP contribution < -0.4 is 15.5 Å². The number of urea groups is 1. The molecule has 0 bridgehead atoms. The molecule has 104 valence electrons. The zero-order valence-corrected chi connectivity index (χ0v) is 12.2. The van der Waals surface area contributed by atoms with Crippen LogP contribution in [0.1, 0.15) is 12.8 Å². The Labute approximate surface area is 118 Å². The first kappa shape index (κ1) is 14.0. The lowest BCUT2D eigenvalue weighted by Crippen LogP contribution is -2.40. The summed E-state index contributed by atoms with van der Waals surface area (Å²) < 4.78 is 0. The lowest BCUT2D eigenvalue weighted by atomic mass is 10.2. The Morgan fingerprint density at radius 1 is 1.37 bits per heavy atom. The van der Waals surface area contributed by atoms with Crippen LogP contribution in [0.3, 0.4) is 0 Å². The minimum atomic E-state index is -0.165. The maximum Gasteiger partial charge on any atom is 0.320 e. The third-order valence-electron chi connectivity index (χ3n) is 3.06. The van der Waals surface area contributed by atoms with Crippen molar-refractivity contribution in [2.45, 2.75) is 18.9 Å². The molecule has 1 aliphatic rings. The smallest absolute Gasteiger partial charge is 0.320 e. The molecule has 0 radical (unpaired) electrons. The molecule has 0 saturated carbocycles. The van der Waals surface area contributed by atoms with E-state index in [0.717, 1.165) is 30.0 Å². The van der Waals surface area contributed by atoms with Crippen molar-refractivity contribution < 1.29 is 4.79 Å². The minimum Gasteiger partial charge on any atom is -0.376 e. The third-order valence-corrected chi connectivity index (χ3v) is 4.11. The molecular weight excluding hydrogens is 260 g/mol. The summed E-state index contributed by atoms with van der Waals surface area (Å²) in [6.45, 7) is 0. The summed E-state index contributed by atoms with van der Waals surface area (Å²) in [5, 5.41) is 5.76. The number of carbonyl (C=O) groups excluding carboxylic acids is 1. The average molecular weight is 280 g/mol. The van der Waals surface area contributed by atoms with Crippen molar-refractivity contribution in [3.8, 4) is 0 Å². The van der Waals surface area contributed by atoms with E-state index < -0.39 is 0 Å². The van der Waals surface area contributed by atoms with Crippen LogP contribution >= 0.6 is 11.8 Å². The van der Waals surface area contributed by atoms with Gasteiger partial charge in [-0.15, -0.1) is 0 Å². The van der Waals surface area contributed by atoms with Crippen LogP contribution in [0.5, 0.6) is 0 Å². The lowest BCUT2D eigenvalue weighted by Gasteiger charge is -2.22. The van der Waals surface area contributed by atoms with Crippen LogP contribution in [0.25, 0.3) is 0 Å². The highest BCUT2D eigenvalue weighted by atomic mass is 32.2. The zero-order valence-electron chi connectivity index (χ0n) is 11.3. The molecule has 0 aliphatic carbocycles. The average Bonchev–Trinajstić information content (AvgIpc) is 2.40. The van der Waals surface area contributed by atoms with E-state index in [1.54, 1.807) is 6.20 Å².